The highest BCUT2D eigenvalue weighted by Gasteiger charge is 2.32. The molecule has 0 bridgehead atoms. The molecule has 1 fully saturated rings. The first-order chi connectivity index (χ1) is 12.2. The molecular formula is C19H20N2O3S. The first-order valence-electron chi connectivity index (χ1n) is 8.59. The first-order valence-corrected chi connectivity index (χ1v) is 9.47. The zero-order chi connectivity index (χ0) is 17.2. The van der Waals surface area contributed by atoms with Crippen molar-refractivity contribution in [1.82, 2.24) is 0 Å². The Morgan fingerprint density at radius 1 is 1.32 bits per heavy atom. The number of carbonyl (C=O) groups is 2. The molecule has 1 unspecified atom stereocenters. The van der Waals surface area contributed by atoms with Gasteiger partial charge in [-0.15, -0.1) is 11.3 Å². The van der Waals surface area contributed by atoms with E-state index in [-0.39, 0.29) is 17.9 Å². The van der Waals surface area contributed by atoms with Gasteiger partial charge in [-0.2, -0.15) is 0 Å². The van der Waals surface area contributed by atoms with E-state index in [1.807, 2.05) is 35.7 Å². The van der Waals surface area contributed by atoms with Gasteiger partial charge in [0, 0.05) is 29.4 Å². The molecule has 2 aliphatic rings. The maximum atomic E-state index is 12.7. The summed E-state index contributed by atoms with van der Waals surface area (Å²) in [5.74, 6) is -0.00397. The summed E-state index contributed by atoms with van der Waals surface area (Å²) < 4.78 is 5.54. The summed E-state index contributed by atoms with van der Waals surface area (Å²) in [7, 11) is 0. The molecule has 1 atom stereocenters. The molecule has 1 N–H and O–H groups in total. The third-order valence-corrected chi connectivity index (χ3v) is 5.53. The Bertz CT molecular complexity index is 782. The SMILES string of the molecule is O=C(Cc1cccs1)Nc1ccc2c(c1)N(C(=O)C1CCCO1)CC2. The van der Waals surface area contributed by atoms with Crippen LogP contribution in [-0.4, -0.2) is 31.1 Å². The second-order valence-corrected chi connectivity index (χ2v) is 7.42. The van der Waals surface area contributed by atoms with Gasteiger partial charge in [0.15, 0.2) is 0 Å². The van der Waals surface area contributed by atoms with Crippen LogP contribution in [0.5, 0.6) is 0 Å². The van der Waals surface area contributed by atoms with Crippen LogP contribution in [0.1, 0.15) is 23.3 Å². The number of hydrogen-bond donors (Lipinski definition) is 1. The Morgan fingerprint density at radius 3 is 3.00 bits per heavy atom. The molecule has 0 saturated carbocycles. The van der Waals surface area contributed by atoms with Crippen molar-refractivity contribution in [2.45, 2.75) is 31.8 Å². The Balaban J connectivity index is 1.48. The van der Waals surface area contributed by atoms with Crippen molar-refractivity contribution in [3.05, 3.63) is 46.2 Å². The molecule has 2 amide bonds. The molecule has 1 saturated heterocycles. The third-order valence-electron chi connectivity index (χ3n) is 4.65. The lowest BCUT2D eigenvalue weighted by Crippen LogP contribution is -2.37. The first kappa shape index (κ1) is 16.3. The van der Waals surface area contributed by atoms with E-state index in [0.29, 0.717) is 19.6 Å². The number of nitrogens with one attached hydrogen (secondary N) is 1. The molecule has 1 aromatic heterocycles. The quantitative estimate of drug-likeness (QED) is 0.916. The largest absolute Gasteiger partial charge is 0.368 e. The standard InChI is InChI=1S/C19H20N2O3S/c22-18(12-15-3-2-10-25-15)20-14-6-5-13-7-8-21(16(13)11-14)19(23)17-4-1-9-24-17/h2-3,5-6,10-11,17H,1,4,7-9,12H2,(H,20,22). The number of thiophene rings is 1. The van der Waals surface area contributed by atoms with Crippen molar-refractivity contribution in [2.24, 2.45) is 0 Å². The minimum atomic E-state index is -0.317. The molecule has 2 aromatic rings. The van der Waals surface area contributed by atoms with Gasteiger partial charge in [-0.25, -0.2) is 0 Å². The average Bonchev–Trinajstić information content (AvgIpc) is 3.35. The maximum absolute atomic E-state index is 12.7. The molecule has 3 heterocycles. The molecule has 5 nitrogen and oxygen atoms in total. The van der Waals surface area contributed by atoms with Crippen molar-refractivity contribution in [3.8, 4) is 0 Å². The molecule has 0 aliphatic carbocycles. The van der Waals surface area contributed by atoms with Gasteiger partial charge in [0.2, 0.25) is 5.91 Å². The van der Waals surface area contributed by atoms with Gasteiger partial charge in [0.05, 0.1) is 6.42 Å². The molecule has 6 heteroatoms. The lowest BCUT2D eigenvalue weighted by Gasteiger charge is -2.21. The predicted molar refractivity (Wildman–Crippen MR) is 98.1 cm³/mol. The highest BCUT2D eigenvalue weighted by atomic mass is 32.1. The van der Waals surface area contributed by atoms with Crippen LogP contribution in [-0.2, 0) is 27.2 Å². The molecule has 4 rings (SSSR count). The average molecular weight is 356 g/mol. The summed E-state index contributed by atoms with van der Waals surface area (Å²) in [4.78, 5) is 27.7. The molecule has 1 aromatic carbocycles. The summed E-state index contributed by atoms with van der Waals surface area (Å²) in [5.41, 5.74) is 2.77. The van der Waals surface area contributed by atoms with Gasteiger partial charge < -0.3 is 15.0 Å². The van der Waals surface area contributed by atoms with Crippen molar-refractivity contribution in [1.29, 1.82) is 0 Å². The van der Waals surface area contributed by atoms with Gasteiger partial charge in [-0.3, -0.25) is 9.59 Å². The zero-order valence-corrected chi connectivity index (χ0v) is 14.7. The molecule has 25 heavy (non-hydrogen) atoms. The number of benzene rings is 1. The van der Waals surface area contributed by atoms with Gasteiger partial charge >= 0.3 is 0 Å². The smallest absolute Gasteiger partial charge is 0.256 e. The van der Waals surface area contributed by atoms with Crippen molar-refractivity contribution < 1.29 is 14.3 Å². The highest BCUT2D eigenvalue weighted by Crippen LogP contribution is 2.32. The highest BCUT2D eigenvalue weighted by molar-refractivity contribution is 7.10. The van der Waals surface area contributed by atoms with Crippen LogP contribution in [0.2, 0.25) is 0 Å². The molecule has 130 valence electrons. The number of carbonyl (C=O) groups excluding carboxylic acids is 2. The number of hydrogen-bond acceptors (Lipinski definition) is 4. The van der Waals surface area contributed by atoms with E-state index in [1.165, 1.54) is 0 Å². The van der Waals surface area contributed by atoms with Crippen LogP contribution in [0.3, 0.4) is 0 Å². The normalized spacial score (nSPS) is 19.0. The molecular weight excluding hydrogens is 336 g/mol. The monoisotopic (exact) mass is 356 g/mol. The summed E-state index contributed by atoms with van der Waals surface area (Å²) in [6, 6.07) is 9.71. The molecule has 0 radical (unpaired) electrons. The summed E-state index contributed by atoms with van der Waals surface area (Å²) in [6.07, 6.45) is 2.63. The van der Waals surface area contributed by atoms with E-state index in [9.17, 15) is 9.59 Å². The van der Waals surface area contributed by atoms with Crippen molar-refractivity contribution >= 4 is 34.5 Å². The van der Waals surface area contributed by atoms with Gasteiger partial charge in [-0.1, -0.05) is 12.1 Å². The molecule has 2 aliphatic heterocycles. The van der Waals surface area contributed by atoms with Crippen molar-refractivity contribution in [3.63, 3.8) is 0 Å². The number of fused-ring (bicyclic) bond motifs is 1. The van der Waals surface area contributed by atoms with Crippen LogP contribution in [0.15, 0.2) is 35.7 Å². The Kier molecular flexibility index (Phi) is 4.55. The van der Waals surface area contributed by atoms with E-state index in [2.05, 4.69) is 5.32 Å². The summed E-state index contributed by atoms with van der Waals surface area (Å²) in [6.45, 7) is 1.34. The van der Waals surface area contributed by atoms with E-state index in [4.69, 9.17) is 4.74 Å². The fourth-order valence-corrected chi connectivity index (χ4v) is 4.11. The van der Waals surface area contributed by atoms with E-state index < -0.39 is 0 Å². The van der Waals surface area contributed by atoms with Crippen LogP contribution < -0.4 is 10.2 Å². The van der Waals surface area contributed by atoms with Crippen LogP contribution in [0, 0.1) is 0 Å². The van der Waals surface area contributed by atoms with Gasteiger partial charge in [-0.05, 0) is 48.4 Å². The number of rotatable bonds is 4. The van der Waals surface area contributed by atoms with E-state index in [0.717, 1.165) is 41.1 Å². The van der Waals surface area contributed by atoms with E-state index in [1.54, 1.807) is 16.2 Å². The topological polar surface area (TPSA) is 58.6 Å². The lowest BCUT2D eigenvalue weighted by atomic mass is 10.1. The summed E-state index contributed by atoms with van der Waals surface area (Å²) >= 11 is 1.57. The van der Waals surface area contributed by atoms with Crippen LogP contribution in [0.25, 0.3) is 0 Å². The second kappa shape index (κ2) is 6.98. The summed E-state index contributed by atoms with van der Waals surface area (Å²) in [5, 5.41) is 4.90. The second-order valence-electron chi connectivity index (χ2n) is 6.39. The number of nitrogens with zero attached hydrogens (tertiary/aromatic N) is 1. The maximum Gasteiger partial charge on any atom is 0.256 e. The lowest BCUT2D eigenvalue weighted by molar-refractivity contribution is -0.127. The Hall–Kier alpha value is -2.18. The van der Waals surface area contributed by atoms with Gasteiger partial charge in [0.25, 0.3) is 5.91 Å². The minimum absolute atomic E-state index is 0.0401. The minimum Gasteiger partial charge on any atom is -0.368 e. The fraction of sp³-hybridized carbons (Fsp3) is 0.368. The molecule has 0 spiro atoms. The third kappa shape index (κ3) is 3.45. The number of anilines is 2. The Labute approximate surface area is 150 Å². The van der Waals surface area contributed by atoms with Crippen molar-refractivity contribution in [2.75, 3.05) is 23.4 Å². The van der Waals surface area contributed by atoms with Crippen LogP contribution >= 0.6 is 11.3 Å². The van der Waals surface area contributed by atoms with Crippen LogP contribution in [0.4, 0.5) is 11.4 Å². The Morgan fingerprint density at radius 2 is 2.24 bits per heavy atom. The van der Waals surface area contributed by atoms with Gasteiger partial charge in [0.1, 0.15) is 6.10 Å². The predicted octanol–water partition coefficient (Wildman–Crippen LogP) is 3.00. The number of amides is 2. The zero-order valence-electron chi connectivity index (χ0n) is 13.9. The fourth-order valence-electron chi connectivity index (χ4n) is 3.41. The van der Waals surface area contributed by atoms with E-state index >= 15 is 0 Å². The number of ether oxygens (including phenoxy) is 1.